The van der Waals surface area contributed by atoms with E-state index in [1.807, 2.05) is 20.0 Å². The Bertz CT molecular complexity index is 253. The van der Waals surface area contributed by atoms with Gasteiger partial charge in [-0.25, -0.2) is 0 Å². The molecule has 1 aromatic heterocycles. The Morgan fingerprint density at radius 3 is 2.82 bits per heavy atom. The van der Waals surface area contributed by atoms with Crippen molar-refractivity contribution in [3.63, 3.8) is 0 Å². The molecule has 0 fully saturated rings. The van der Waals surface area contributed by atoms with Crippen LogP contribution in [0.2, 0.25) is 0 Å². The quantitative estimate of drug-likeness (QED) is 0.648. The maximum Gasteiger partial charge on any atom is 0.0823 e. The number of hydrogen-bond donors (Lipinski definition) is 1. The van der Waals surface area contributed by atoms with E-state index in [9.17, 15) is 0 Å². The zero-order valence-electron chi connectivity index (χ0n) is 6.96. The molecule has 1 heterocycles. The smallest absolute Gasteiger partial charge is 0.0823 e. The van der Waals surface area contributed by atoms with Crippen molar-refractivity contribution in [2.45, 2.75) is 20.4 Å². The molecular formula is C8H13N3. The normalized spacial score (nSPS) is 10.0. The summed E-state index contributed by atoms with van der Waals surface area (Å²) in [5, 5.41) is 4.18. The fourth-order valence-corrected chi connectivity index (χ4v) is 0.891. The number of nitrogens with zero attached hydrogens (tertiary/aromatic N) is 2. The maximum absolute atomic E-state index is 5.60. The third-order valence-corrected chi connectivity index (χ3v) is 1.42. The highest BCUT2D eigenvalue weighted by molar-refractivity contribution is 5.39. The molecule has 3 heteroatoms. The average molecular weight is 151 g/mol. The molecule has 0 unspecified atom stereocenters. The molecule has 60 valence electrons. The van der Waals surface area contributed by atoms with Crippen LogP contribution >= 0.6 is 0 Å². The lowest BCUT2D eigenvalue weighted by atomic mass is 10.3. The van der Waals surface area contributed by atoms with E-state index in [4.69, 9.17) is 5.73 Å². The monoisotopic (exact) mass is 151 g/mol. The molecule has 0 saturated carbocycles. The van der Waals surface area contributed by atoms with Gasteiger partial charge < -0.3 is 5.73 Å². The zero-order valence-corrected chi connectivity index (χ0v) is 6.96. The van der Waals surface area contributed by atoms with Crippen molar-refractivity contribution in [3.8, 4) is 0 Å². The molecule has 0 spiro atoms. The van der Waals surface area contributed by atoms with Gasteiger partial charge in [-0.1, -0.05) is 12.2 Å². The lowest BCUT2D eigenvalue weighted by Gasteiger charge is -1.97. The van der Waals surface area contributed by atoms with Gasteiger partial charge in [0.1, 0.15) is 0 Å². The van der Waals surface area contributed by atoms with Crippen LogP contribution in [0.1, 0.15) is 12.6 Å². The van der Waals surface area contributed by atoms with Gasteiger partial charge in [-0.3, -0.25) is 4.68 Å². The van der Waals surface area contributed by atoms with Crippen molar-refractivity contribution in [2.24, 2.45) is 0 Å². The molecule has 0 aliphatic carbocycles. The fraction of sp³-hybridized carbons (Fsp3) is 0.375. The van der Waals surface area contributed by atoms with E-state index in [1.165, 1.54) is 0 Å². The molecule has 1 rings (SSSR count). The molecule has 3 nitrogen and oxygen atoms in total. The van der Waals surface area contributed by atoms with Gasteiger partial charge in [0, 0.05) is 6.20 Å². The van der Waals surface area contributed by atoms with Crippen LogP contribution in [0.5, 0.6) is 0 Å². The third-order valence-electron chi connectivity index (χ3n) is 1.42. The molecule has 0 atom stereocenters. The van der Waals surface area contributed by atoms with Gasteiger partial charge in [0.2, 0.25) is 0 Å². The third kappa shape index (κ3) is 1.83. The summed E-state index contributed by atoms with van der Waals surface area (Å²) in [5.74, 6) is 0. The molecule has 0 amide bonds. The highest BCUT2D eigenvalue weighted by atomic mass is 15.3. The Morgan fingerprint density at radius 1 is 1.82 bits per heavy atom. The van der Waals surface area contributed by atoms with Gasteiger partial charge in [-0.15, -0.1) is 0 Å². The van der Waals surface area contributed by atoms with Gasteiger partial charge in [-0.2, -0.15) is 5.10 Å². The van der Waals surface area contributed by atoms with E-state index in [1.54, 1.807) is 4.68 Å². The molecule has 0 aliphatic rings. The first-order valence-electron chi connectivity index (χ1n) is 3.53. The Balaban J connectivity index is 2.81. The number of allylic oxidation sites excluding steroid dienone is 1. The van der Waals surface area contributed by atoms with Crippen LogP contribution in [-0.4, -0.2) is 9.78 Å². The molecule has 0 saturated heterocycles. The highest BCUT2D eigenvalue weighted by Gasteiger charge is 1.99. The van der Waals surface area contributed by atoms with Crippen LogP contribution in [0.4, 0.5) is 5.69 Å². The van der Waals surface area contributed by atoms with Crippen molar-refractivity contribution >= 4 is 5.69 Å². The van der Waals surface area contributed by atoms with Crippen molar-refractivity contribution in [3.05, 3.63) is 24.0 Å². The number of nitrogen functional groups attached to an aromatic ring is 1. The van der Waals surface area contributed by atoms with Crippen LogP contribution < -0.4 is 5.73 Å². The van der Waals surface area contributed by atoms with Crippen molar-refractivity contribution in [1.29, 1.82) is 0 Å². The molecule has 0 aliphatic heterocycles. The van der Waals surface area contributed by atoms with Crippen molar-refractivity contribution < 1.29 is 0 Å². The largest absolute Gasteiger partial charge is 0.396 e. The Labute approximate surface area is 66.5 Å². The lowest BCUT2D eigenvalue weighted by Crippen LogP contribution is -1.98. The SMILES string of the molecule is C=C(C)Cn1cc(N)c(C)n1. The second-order valence-electron chi connectivity index (χ2n) is 2.82. The first kappa shape index (κ1) is 7.85. The second-order valence-corrected chi connectivity index (χ2v) is 2.82. The number of rotatable bonds is 2. The number of hydrogen-bond acceptors (Lipinski definition) is 2. The van der Waals surface area contributed by atoms with Crippen LogP contribution in [0.3, 0.4) is 0 Å². The molecule has 11 heavy (non-hydrogen) atoms. The number of anilines is 1. The predicted octanol–water partition coefficient (Wildman–Crippen LogP) is 1.35. The Kier molecular flexibility index (Phi) is 1.98. The van der Waals surface area contributed by atoms with Crippen LogP contribution in [0.25, 0.3) is 0 Å². The van der Waals surface area contributed by atoms with E-state index in [2.05, 4.69) is 11.7 Å². The summed E-state index contributed by atoms with van der Waals surface area (Å²) < 4.78 is 1.80. The minimum Gasteiger partial charge on any atom is -0.396 e. The van der Waals surface area contributed by atoms with E-state index in [-0.39, 0.29) is 0 Å². The topological polar surface area (TPSA) is 43.8 Å². The summed E-state index contributed by atoms with van der Waals surface area (Å²) >= 11 is 0. The first-order chi connectivity index (χ1) is 5.09. The minimum absolute atomic E-state index is 0.742. The standard InChI is InChI=1S/C8H13N3/c1-6(2)4-11-5-8(9)7(3)10-11/h5H,1,4,9H2,2-3H3. The summed E-state index contributed by atoms with van der Waals surface area (Å²) in [5.41, 5.74) is 8.30. The number of aryl methyl sites for hydroxylation is 1. The van der Waals surface area contributed by atoms with Crippen molar-refractivity contribution in [1.82, 2.24) is 9.78 Å². The van der Waals surface area contributed by atoms with E-state index >= 15 is 0 Å². The lowest BCUT2D eigenvalue weighted by molar-refractivity contribution is 0.672. The van der Waals surface area contributed by atoms with Gasteiger partial charge in [0.25, 0.3) is 0 Å². The van der Waals surface area contributed by atoms with Crippen LogP contribution in [-0.2, 0) is 6.54 Å². The van der Waals surface area contributed by atoms with Crippen LogP contribution in [0.15, 0.2) is 18.3 Å². The Morgan fingerprint density at radius 2 is 2.45 bits per heavy atom. The summed E-state index contributed by atoms with van der Waals surface area (Å²) in [6.07, 6.45) is 1.82. The summed E-state index contributed by atoms with van der Waals surface area (Å²) in [4.78, 5) is 0. The molecule has 0 aromatic carbocycles. The van der Waals surface area contributed by atoms with E-state index in [0.29, 0.717) is 0 Å². The molecule has 0 bridgehead atoms. The molecule has 1 aromatic rings. The second kappa shape index (κ2) is 2.78. The van der Waals surface area contributed by atoms with Gasteiger partial charge in [0.15, 0.2) is 0 Å². The molecule has 0 radical (unpaired) electrons. The fourth-order valence-electron chi connectivity index (χ4n) is 0.891. The minimum atomic E-state index is 0.742. The van der Waals surface area contributed by atoms with Crippen molar-refractivity contribution in [2.75, 3.05) is 5.73 Å². The Hall–Kier alpha value is -1.25. The average Bonchev–Trinajstić information content (AvgIpc) is 2.10. The van der Waals surface area contributed by atoms with Gasteiger partial charge in [0.05, 0.1) is 17.9 Å². The highest BCUT2D eigenvalue weighted by Crippen LogP contribution is 2.07. The maximum atomic E-state index is 5.60. The predicted molar refractivity (Wildman–Crippen MR) is 46.2 cm³/mol. The van der Waals surface area contributed by atoms with Gasteiger partial charge in [-0.05, 0) is 13.8 Å². The molecule has 2 N–H and O–H groups in total. The first-order valence-corrected chi connectivity index (χ1v) is 3.53. The number of nitrogens with two attached hydrogens (primary N) is 1. The van der Waals surface area contributed by atoms with E-state index < -0.39 is 0 Å². The van der Waals surface area contributed by atoms with Gasteiger partial charge >= 0.3 is 0 Å². The van der Waals surface area contributed by atoms with Crippen LogP contribution in [0, 0.1) is 6.92 Å². The molecular weight excluding hydrogens is 138 g/mol. The summed E-state index contributed by atoms with van der Waals surface area (Å²) in [6, 6.07) is 0. The number of aromatic nitrogens is 2. The summed E-state index contributed by atoms with van der Waals surface area (Å²) in [6.45, 7) is 8.39. The zero-order chi connectivity index (χ0) is 8.43. The van der Waals surface area contributed by atoms with E-state index in [0.717, 1.165) is 23.5 Å². The summed E-state index contributed by atoms with van der Waals surface area (Å²) in [7, 11) is 0.